The first-order chi connectivity index (χ1) is 11.8. The molecule has 0 heterocycles. The summed E-state index contributed by atoms with van der Waals surface area (Å²) in [7, 11) is 2.53. The smallest absolute Gasteiger partial charge is 0.175 e. The maximum atomic E-state index is 14.1. The summed E-state index contributed by atoms with van der Waals surface area (Å²) in [6.07, 6.45) is 1.19. The number of benzene rings is 2. The maximum absolute atomic E-state index is 14.1. The molecule has 2 rings (SSSR count). The predicted molar refractivity (Wildman–Crippen MR) is 99.0 cm³/mol. The van der Waals surface area contributed by atoms with Crippen LogP contribution in [0.3, 0.4) is 0 Å². The Balaban J connectivity index is 0.000000550. The Morgan fingerprint density at radius 3 is 2.28 bits per heavy atom. The molecule has 128 valence electrons. The highest BCUT2D eigenvalue weighted by molar-refractivity contribution is 7.27. The van der Waals surface area contributed by atoms with Crippen molar-refractivity contribution in [1.82, 2.24) is 0 Å². The summed E-state index contributed by atoms with van der Waals surface area (Å²) in [6.45, 7) is 4.71. The lowest BCUT2D eigenvalue weighted by atomic mass is 9.95. The third-order valence-electron chi connectivity index (χ3n) is 3.08. The minimum Gasteiger partial charge on any atom is -0.505 e. The van der Waals surface area contributed by atoms with Crippen LogP contribution in [0, 0.1) is 23.0 Å². The molecule has 0 fully saturated rings. The Morgan fingerprint density at radius 1 is 1.24 bits per heavy atom. The van der Waals surface area contributed by atoms with Gasteiger partial charge in [-0.25, -0.2) is 8.78 Å². The SMILES string of the molecule is C/C(N)=C(/c1ccc(P)cc1)c1c(F)ccc(O)c1F.C=C=CC#N. The third kappa shape index (κ3) is 5.29. The van der Waals surface area contributed by atoms with Crippen molar-refractivity contribution >= 4 is 20.1 Å². The molecule has 0 radical (unpaired) electrons. The molecule has 0 spiro atoms. The summed E-state index contributed by atoms with van der Waals surface area (Å²) in [5.41, 5.74) is 8.84. The number of hydrogen-bond acceptors (Lipinski definition) is 3. The van der Waals surface area contributed by atoms with E-state index in [1.807, 2.05) is 0 Å². The number of nitrogens with two attached hydrogens (primary N) is 1. The lowest BCUT2D eigenvalue weighted by molar-refractivity contribution is 0.426. The van der Waals surface area contributed by atoms with Crippen LogP contribution in [0.15, 0.2) is 60.5 Å². The largest absolute Gasteiger partial charge is 0.505 e. The maximum Gasteiger partial charge on any atom is 0.175 e. The number of aromatic hydroxyl groups is 1. The van der Waals surface area contributed by atoms with Crippen molar-refractivity contribution in [3.63, 3.8) is 0 Å². The highest BCUT2D eigenvalue weighted by Gasteiger charge is 2.20. The average Bonchev–Trinajstić information content (AvgIpc) is 2.57. The lowest BCUT2D eigenvalue weighted by Gasteiger charge is -2.13. The second-order valence-corrected chi connectivity index (χ2v) is 5.58. The van der Waals surface area contributed by atoms with Gasteiger partial charge in [0.25, 0.3) is 0 Å². The third-order valence-corrected chi connectivity index (χ3v) is 3.47. The molecule has 0 aliphatic carbocycles. The summed E-state index contributed by atoms with van der Waals surface area (Å²) in [5, 5.41) is 18.0. The predicted octanol–water partition coefficient (Wildman–Crippen LogP) is 3.76. The van der Waals surface area contributed by atoms with Crippen LogP contribution in [0.5, 0.6) is 5.75 Å². The zero-order valence-corrected chi connectivity index (χ0v) is 14.7. The number of allylic oxidation sites excluding steroid dienone is 2. The van der Waals surface area contributed by atoms with Gasteiger partial charge >= 0.3 is 0 Å². The second-order valence-electron chi connectivity index (χ2n) is 4.91. The number of phenolic OH excluding ortho intramolecular Hbond substituents is 1. The summed E-state index contributed by atoms with van der Waals surface area (Å²) in [6, 6.07) is 10.7. The normalized spacial score (nSPS) is 10.5. The van der Waals surface area contributed by atoms with Crippen molar-refractivity contribution in [2.24, 2.45) is 5.73 Å². The van der Waals surface area contributed by atoms with Gasteiger partial charge in [-0.15, -0.1) is 15.0 Å². The molecule has 0 saturated heterocycles. The molecule has 2 aromatic carbocycles. The minimum atomic E-state index is -1.01. The van der Waals surface area contributed by atoms with Gasteiger partial charge in [0.1, 0.15) is 5.82 Å². The Morgan fingerprint density at radius 2 is 1.84 bits per heavy atom. The quantitative estimate of drug-likeness (QED) is 0.488. The molecule has 1 unspecified atom stereocenters. The summed E-state index contributed by atoms with van der Waals surface area (Å²) in [5.74, 6) is -2.39. The zero-order chi connectivity index (χ0) is 19.0. The fraction of sp³-hybridized carbons (Fsp3) is 0.0526. The van der Waals surface area contributed by atoms with Gasteiger partial charge < -0.3 is 10.8 Å². The molecule has 0 saturated carbocycles. The van der Waals surface area contributed by atoms with E-state index in [1.165, 1.54) is 6.08 Å². The second kappa shape index (κ2) is 9.39. The van der Waals surface area contributed by atoms with Gasteiger partial charge in [-0.3, -0.25) is 0 Å². The van der Waals surface area contributed by atoms with Gasteiger partial charge in [-0.05, 0) is 29.9 Å². The van der Waals surface area contributed by atoms with Crippen molar-refractivity contribution in [3.8, 4) is 11.8 Å². The van der Waals surface area contributed by atoms with E-state index in [4.69, 9.17) is 11.0 Å². The number of phenols is 1. The van der Waals surface area contributed by atoms with Gasteiger partial charge in [0, 0.05) is 11.3 Å². The molecule has 6 heteroatoms. The molecule has 3 nitrogen and oxygen atoms in total. The molecule has 3 N–H and O–H groups in total. The number of nitrogens with zero attached hydrogens (tertiary/aromatic N) is 1. The first-order valence-corrected chi connectivity index (χ1v) is 7.64. The molecule has 0 aliphatic heterocycles. The number of hydrogen-bond donors (Lipinski definition) is 2. The van der Waals surface area contributed by atoms with E-state index in [2.05, 4.69) is 21.5 Å². The van der Waals surface area contributed by atoms with E-state index in [-0.39, 0.29) is 16.8 Å². The Hall–Kier alpha value is -2.92. The highest BCUT2D eigenvalue weighted by Crippen LogP contribution is 2.33. The van der Waals surface area contributed by atoms with Crippen molar-refractivity contribution in [2.45, 2.75) is 6.92 Å². The number of nitriles is 1. The van der Waals surface area contributed by atoms with Gasteiger partial charge in [0.15, 0.2) is 11.6 Å². The fourth-order valence-electron chi connectivity index (χ4n) is 2.04. The molecular weight excluding hydrogens is 341 g/mol. The molecule has 2 aromatic rings. The van der Waals surface area contributed by atoms with Crippen LogP contribution in [0.1, 0.15) is 18.1 Å². The van der Waals surface area contributed by atoms with Crippen LogP contribution >= 0.6 is 9.24 Å². The van der Waals surface area contributed by atoms with Crippen LogP contribution in [0.25, 0.3) is 5.57 Å². The topological polar surface area (TPSA) is 70.0 Å². The van der Waals surface area contributed by atoms with Crippen molar-refractivity contribution in [3.05, 3.63) is 83.2 Å². The fourth-order valence-corrected chi connectivity index (χ4v) is 2.23. The van der Waals surface area contributed by atoms with E-state index < -0.39 is 17.4 Å². The van der Waals surface area contributed by atoms with E-state index in [9.17, 15) is 13.9 Å². The summed E-state index contributed by atoms with van der Waals surface area (Å²) in [4.78, 5) is 0. The van der Waals surface area contributed by atoms with Crippen LogP contribution in [0.2, 0.25) is 0 Å². The molecule has 0 amide bonds. The van der Waals surface area contributed by atoms with Crippen molar-refractivity contribution in [2.75, 3.05) is 0 Å². The van der Waals surface area contributed by atoms with E-state index in [1.54, 1.807) is 37.3 Å². The summed E-state index contributed by atoms with van der Waals surface area (Å²) < 4.78 is 28.0. The standard InChI is InChI=1S/C15H14F2NOP.C4H3N/c1-8(18)13(9-2-4-10(20)5-3-9)14-11(16)6-7-12(19)15(14)17;1-2-3-4-5/h2-7,19H,18,20H2,1H3;3H,1H2/b13-8+;. The molecule has 0 aromatic heterocycles. The number of rotatable bonds is 2. The highest BCUT2D eigenvalue weighted by atomic mass is 31.0. The minimum absolute atomic E-state index is 0.237. The Bertz CT molecular complexity index is 874. The molecule has 0 bridgehead atoms. The van der Waals surface area contributed by atoms with E-state index >= 15 is 0 Å². The van der Waals surface area contributed by atoms with Gasteiger partial charge in [-0.1, -0.05) is 30.8 Å². The van der Waals surface area contributed by atoms with Crippen LogP contribution in [-0.2, 0) is 0 Å². The lowest BCUT2D eigenvalue weighted by Crippen LogP contribution is -2.05. The first kappa shape index (κ1) is 20.1. The van der Waals surface area contributed by atoms with Crippen LogP contribution < -0.4 is 11.0 Å². The molecule has 25 heavy (non-hydrogen) atoms. The van der Waals surface area contributed by atoms with Gasteiger partial charge in [0.2, 0.25) is 0 Å². The van der Waals surface area contributed by atoms with E-state index in [0.717, 1.165) is 17.4 Å². The Labute approximate surface area is 147 Å². The average molecular weight is 358 g/mol. The molecule has 0 aliphatic rings. The number of halogens is 2. The van der Waals surface area contributed by atoms with Crippen LogP contribution in [-0.4, -0.2) is 5.11 Å². The molecular formula is C19H17F2N2OP. The van der Waals surface area contributed by atoms with Crippen molar-refractivity contribution < 1.29 is 13.9 Å². The van der Waals surface area contributed by atoms with Gasteiger partial charge in [0.05, 0.1) is 17.7 Å². The summed E-state index contributed by atoms with van der Waals surface area (Å²) >= 11 is 0. The van der Waals surface area contributed by atoms with Crippen molar-refractivity contribution in [1.29, 1.82) is 5.26 Å². The first-order valence-electron chi connectivity index (χ1n) is 7.07. The molecule has 1 atom stereocenters. The monoisotopic (exact) mass is 358 g/mol. The van der Waals surface area contributed by atoms with Crippen LogP contribution in [0.4, 0.5) is 8.78 Å². The van der Waals surface area contributed by atoms with Gasteiger partial charge in [-0.2, -0.15) is 5.26 Å². The zero-order valence-electron chi connectivity index (χ0n) is 13.6. The Kier molecular flexibility index (Phi) is 7.56. The van der Waals surface area contributed by atoms with E-state index in [0.29, 0.717) is 5.56 Å².